The Bertz CT molecular complexity index is 982. The topological polar surface area (TPSA) is 51.2 Å². The van der Waals surface area contributed by atoms with Gasteiger partial charge in [-0.05, 0) is 56.2 Å². The molecule has 3 aromatic rings. The fourth-order valence-corrected chi connectivity index (χ4v) is 4.63. The lowest BCUT2D eigenvalue weighted by atomic mass is 9.95. The van der Waals surface area contributed by atoms with Crippen LogP contribution in [0.15, 0.2) is 64.5 Å². The van der Waals surface area contributed by atoms with Crippen LogP contribution < -0.4 is 10.1 Å². The second-order valence-corrected chi connectivity index (χ2v) is 8.43. The molecule has 1 N–H and O–H groups in total. The van der Waals surface area contributed by atoms with E-state index in [1.54, 1.807) is 11.8 Å². The number of carbonyl (C=O) groups excluding carboxylic acids is 1. The maximum atomic E-state index is 13.1. The highest BCUT2D eigenvalue weighted by molar-refractivity contribution is 7.99. The molecule has 0 radical (unpaired) electrons. The third kappa shape index (κ3) is 4.91. The monoisotopic (exact) mass is 406 g/mol. The zero-order valence-corrected chi connectivity index (χ0v) is 17.5. The summed E-state index contributed by atoms with van der Waals surface area (Å²) in [7, 11) is 0. The number of carbonyl (C=O) groups is 1. The van der Waals surface area contributed by atoms with Crippen LogP contribution in [-0.2, 0) is 0 Å². The SMILES string of the molecule is CCOc1ccc(Sc2cc(C(=O)NC3CCCCC3)c3ccccc3n2)cc1. The van der Waals surface area contributed by atoms with Gasteiger partial charge in [-0.1, -0.05) is 49.2 Å². The minimum Gasteiger partial charge on any atom is -0.494 e. The summed E-state index contributed by atoms with van der Waals surface area (Å²) in [5.74, 6) is 0.861. The van der Waals surface area contributed by atoms with Crippen LogP contribution in [0.3, 0.4) is 0 Å². The van der Waals surface area contributed by atoms with Crippen LogP contribution in [0.25, 0.3) is 10.9 Å². The molecule has 0 spiro atoms. The molecule has 1 aliphatic carbocycles. The van der Waals surface area contributed by atoms with Gasteiger partial charge in [0.15, 0.2) is 0 Å². The van der Waals surface area contributed by atoms with Gasteiger partial charge in [-0.25, -0.2) is 4.98 Å². The van der Waals surface area contributed by atoms with Gasteiger partial charge in [-0.3, -0.25) is 4.79 Å². The predicted molar refractivity (Wildman–Crippen MR) is 118 cm³/mol. The molecule has 0 unspecified atom stereocenters. The predicted octanol–water partition coefficient (Wildman–Crippen LogP) is 5.85. The Hall–Kier alpha value is -2.53. The molecule has 4 nitrogen and oxygen atoms in total. The van der Waals surface area contributed by atoms with Gasteiger partial charge in [0.1, 0.15) is 10.8 Å². The van der Waals surface area contributed by atoms with Crippen molar-refractivity contribution in [3.63, 3.8) is 0 Å². The molecule has 29 heavy (non-hydrogen) atoms. The van der Waals surface area contributed by atoms with Crippen LogP contribution in [-0.4, -0.2) is 23.5 Å². The minimum absolute atomic E-state index is 0.00374. The molecule has 1 aliphatic rings. The molecule has 0 atom stereocenters. The highest BCUT2D eigenvalue weighted by Crippen LogP contribution is 2.31. The van der Waals surface area contributed by atoms with Crippen molar-refractivity contribution < 1.29 is 9.53 Å². The second kappa shape index (κ2) is 9.31. The molecule has 1 aromatic heterocycles. The van der Waals surface area contributed by atoms with Crippen molar-refractivity contribution in [3.8, 4) is 5.75 Å². The van der Waals surface area contributed by atoms with Crippen molar-refractivity contribution in [1.29, 1.82) is 0 Å². The van der Waals surface area contributed by atoms with Crippen LogP contribution in [0, 0.1) is 0 Å². The van der Waals surface area contributed by atoms with E-state index in [1.165, 1.54) is 19.3 Å². The van der Waals surface area contributed by atoms with E-state index in [0.717, 1.165) is 39.4 Å². The summed E-state index contributed by atoms with van der Waals surface area (Å²) in [4.78, 5) is 18.9. The summed E-state index contributed by atoms with van der Waals surface area (Å²) >= 11 is 1.56. The van der Waals surface area contributed by atoms with Crippen molar-refractivity contribution >= 4 is 28.6 Å². The molecule has 0 aliphatic heterocycles. The Kier molecular flexibility index (Phi) is 6.35. The average molecular weight is 407 g/mol. The molecule has 0 saturated heterocycles. The van der Waals surface area contributed by atoms with E-state index in [-0.39, 0.29) is 11.9 Å². The number of benzene rings is 2. The molecule has 1 saturated carbocycles. The minimum atomic E-state index is 0.00374. The number of para-hydroxylation sites is 1. The highest BCUT2D eigenvalue weighted by Gasteiger charge is 2.19. The number of amides is 1. The summed E-state index contributed by atoms with van der Waals surface area (Å²) < 4.78 is 5.51. The van der Waals surface area contributed by atoms with E-state index in [0.29, 0.717) is 12.2 Å². The number of nitrogens with one attached hydrogen (secondary N) is 1. The second-order valence-electron chi connectivity index (χ2n) is 7.34. The zero-order chi connectivity index (χ0) is 20.1. The maximum Gasteiger partial charge on any atom is 0.252 e. The quantitative estimate of drug-likeness (QED) is 0.558. The number of pyridine rings is 1. The third-order valence-corrected chi connectivity index (χ3v) is 6.16. The Morgan fingerprint density at radius 2 is 1.86 bits per heavy atom. The van der Waals surface area contributed by atoms with Crippen molar-refractivity contribution in [3.05, 3.63) is 60.2 Å². The lowest BCUT2D eigenvalue weighted by Crippen LogP contribution is -2.36. The lowest BCUT2D eigenvalue weighted by Gasteiger charge is -2.23. The smallest absolute Gasteiger partial charge is 0.252 e. The van der Waals surface area contributed by atoms with E-state index in [4.69, 9.17) is 9.72 Å². The van der Waals surface area contributed by atoms with Crippen LogP contribution in [0.5, 0.6) is 5.75 Å². The van der Waals surface area contributed by atoms with Crippen molar-refractivity contribution in [2.75, 3.05) is 6.61 Å². The standard InChI is InChI=1S/C24H26N2O2S/c1-2-28-18-12-14-19(15-13-18)29-23-16-21(20-10-6-7-11-22(20)26-23)24(27)25-17-8-4-3-5-9-17/h6-7,10-17H,2-5,8-9H2,1H3,(H,25,27). The molecule has 5 heteroatoms. The Morgan fingerprint density at radius 1 is 1.10 bits per heavy atom. The number of hydrogen-bond acceptors (Lipinski definition) is 4. The molecule has 0 bridgehead atoms. The molecule has 150 valence electrons. The first-order valence-corrected chi connectivity index (χ1v) is 11.2. The normalized spacial score (nSPS) is 14.7. The van der Waals surface area contributed by atoms with Crippen molar-refractivity contribution in [2.45, 2.75) is 55.0 Å². The zero-order valence-electron chi connectivity index (χ0n) is 16.7. The fraction of sp³-hybridized carbons (Fsp3) is 0.333. The largest absolute Gasteiger partial charge is 0.494 e. The maximum absolute atomic E-state index is 13.1. The number of fused-ring (bicyclic) bond motifs is 1. The van der Waals surface area contributed by atoms with Crippen molar-refractivity contribution in [2.24, 2.45) is 0 Å². The van der Waals surface area contributed by atoms with E-state index in [2.05, 4.69) is 5.32 Å². The van der Waals surface area contributed by atoms with E-state index in [9.17, 15) is 4.79 Å². The summed E-state index contributed by atoms with van der Waals surface area (Å²) in [6, 6.07) is 18.0. The van der Waals surface area contributed by atoms with Gasteiger partial charge in [-0.2, -0.15) is 0 Å². The molecular formula is C24H26N2O2S. The number of hydrogen-bond donors (Lipinski definition) is 1. The Balaban J connectivity index is 1.60. The van der Waals surface area contributed by atoms with Crippen LogP contribution in [0.2, 0.25) is 0 Å². The van der Waals surface area contributed by atoms with E-state index >= 15 is 0 Å². The van der Waals surface area contributed by atoms with Gasteiger partial charge in [0.2, 0.25) is 0 Å². The molecular weight excluding hydrogens is 380 g/mol. The number of ether oxygens (including phenoxy) is 1. The number of rotatable bonds is 6. The van der Waals surface area contributed by atoms with Gasteiger partial charge in [0.25, 0.3) is 5.91 Å². The van der Waals surface area contributed by atoms with Gasteiger partial charge in [0, 0.05) is 16.3 Å². The van der Waals surface area contributed by atoms with E-state index < -0.39 is 0 Å². The highest BCUT2D eigenvalue weighted by atomic mass is 32.2. The van der Waals surface area contributed by atoms with Gasteiger partial charge in [-0.15, -0.1) is 0 Å². The van der Waals surface area contributed by atoms with Crippen LogP contribution in [0.4, 0.5) is 0 Å². The Morgan fingerprint density at radius 3 is 2.62 bits per heavy atom. The molecule has 2 aromatic carbocycles. The number of nitrogens with zero attached hydrogens (tertiary/aromatic N) is 1. The lowest BCUT2D eigenvalue weighted by molar-refractivity contribution is 0.0929. The summed E-state index contributed by atoms with van der Waals surface area (Å²) in [5, 5.41) is 4.97. The number of aromatic nitrogens is 1. The third-order valence-electron chi connectivity index (χ3n) is 5.23. The van der Waals surface area contributed by atoms with Crippen LogP contribution >= 0.6 is 11.8 Å². The van der Waals surface area contributed by atoms with Crippen LogP contribution in [0.1, 0.15) is 49.4 Å². The molecule has 1 amide bonds. The summed E-state index contributed by atoms with van der Waals surface area (Å²) in [6.07, 6.45) is 5.81. The van der Waals surface area contributed by atoms with Crippen molar-refractivity contribution in [1.82, 2.24) is 10.3 Å². The first kappa shape index (κ1) is 19.8. The van der Waals surface area contributed by atoms with E-state index in [1.807, 2.05) is 61.5 Å². The van der Waals surface area contributed by atoms with Gasteiger partial charge >= 0.3 is 0 Å². The summed E-state index contributed by atoms with van der Waals surface area (Å²) in [5.41, 5.74) is 1.55. The fourth-order valence-electron chi connectivity index (χ4n) is 3.79. The average Bonchev–Trinajstić information content (AvgIpc) is 2.75. The first-order chi connectivity index (χ1) is 14.2. The summed E-state index contributed by atoms with van der Waals surface area (Å²) in [6.45, 7) is 2.62. The van der Waals surface area contributed by atoms with Gasteiger partial charge < -0.3 is 10.1 Å². The molecule has 1 heterocycles. The Labute approximate surface area is 176 Å². The molecule has 4 rings (SSSR count). The van der Waals surface area contributed by atoms with Gasteiger partial charge in [0.05, 0.1) is 17.7 Å². The molecule has 1 fully saturated rings. The first-order valence-electron chi connectivity index (χ1n) is 10.3.